The Morgan fingerprint density at radius 3 is 2.61 bits per heavy atom. The van der Waals surface area contributed by atoms with Gasteiger partial charge in [0.15, 0.2) is 0 Å². The summed E-state index contributed by atoms with van der Waals surface area (Å²) < 4.78 is 2.33. The van der Waals surface area contributed by atoms with E-state index < -0.39 is 0 Å². The first kappa shape index (κ1) is 19.3. The first-order chi connectivity index (χ1) is 15.2. The first-order valence-corrected chi connectivity index (χ1v) is 11.8. The minimum Gasteiger partial charge on any atom is -0.355 e. The van der Waals surface area contributed by atoms with E-state index in [0.29, 0.717) is 6.04 Å². The molecule has 1 atom stereocenters. The van der Waals surface area contributed by atoms with E-state index in [1.807, 2.05) is 12.3 Å². The van der Waals surface area contributed by atoms with E-state index >= 15 is 0 Å². The molecule has 0 amide bonds. The van der Waals surface area contributed by atoms with Crippen molar-refractivity contribution < 1.29 is 0 Å². The van der Waals surface area contributed by atoms with Crippen LogP contribution in [0.15, 0.2) is 42.7 Å². The number of hydrogen-bond donors (Lipinski definition) is 0. The number of aryl methyl sites for hydroxylation is 1. The van der Waals surface area contributed by atoms with Crippen LogP contribution < -0.4 is 4.90 Å². The minimum atomic E-state index is 0.0799. The fourth-order valence-corrected chi connectivity index (χ4v) is 5.73. The third-order valence-corrected chi connectivity index (χ3v) is 7.67. The largest absolute Gasteiger partial charge is 0.355 e. The van der Waals surface area contributed by atoms with Crippen LogP contribution in [0.3, 0.4) is 0 Å². The van der Waals surface area contributed by atoms with Crippen LogP contribution in [0.1, 0.15) is 48.7 Å². The smallest absolute Gasteiger partial charge is 0.138 e. The fraction of sp³-hybridized carbons (Fsp3) is 0.520. The van der Waals surface area contributed by atoms with Gasteiger partial charge in [0, 0.05) is 38.6 Å². The Hall–Kier alpha value is -2.44. The molecule has 0 bridgehead atoms. The molecule has 1 aliphatic carbocycles. The Bertz CT molecular complexity index is 1090. The van der Waals surface area contributed by atoms with Gasteiger partial charge in [-0.15, -0.1) is 0 Å². The maximum Gasteiger partial charge on any atom is 0.138 e. The molecule has 0 spiro atoms. The van der Waals surface area contributed by atoms with E-state index in [4.69, 9.17) is 9.97 Å². The molecule has 6 nitrogen and oxygen atoms in total. The Kier molecular flexibility index (Phi) is 4.54. The van der Waals surface area contributed by atoms with Crippen LogP contribution in [0.4, 0.5) is 5.82 Å². The van der Waals surface area contributed by atoms with Crippen LogP contribution in [-0.2, 0) is 5.54 Å². The second kappa shape index (κ2) is 7.31. The molecule has 5 heterocycles. The van der Waals surface area contributed by atoms with Gasteiger partial charge in [0.05, 0.1) is 23.0 Å². The van der Waals surface area contributed by atoms with E-state index in [1.54, 1.807) is 0 Å². The number of hydrogen-bond acceptors (Lipinski definition) is 5. The molecule has 162 valence electrons. The molecule has 2 saturated heterocycles. The lowest BCUT2D eigenvalue weighted by atomic mass is 10.0. The SMILES string of the molecule is Cc1cccnc1C1CCCN1C1(c2cn3c(N4CCN(C)CC4)cccc3n2)CC1. The molecule has 1 unspecified atom stereocenters. The van der Waals surface area contributed by atoms with Gasteiger partial charge in [-0.3, -0.25) is 14.3 Å². The zero-order chi connectivity index (χ0) is 21.0. The summed E-state index contributed by atoms with van der Waals surface area (Å²) in [6, 6.07) is 11.2. The topological polar surface area (TPSA) is 39.9 Å². The van der Waals surface area contributed by atoms with Crippen LogP contribution >= 0.6 is 0 Å². The summed E-state index contributed by atoms with van der Waals surface area (Å²) in [4.78, 5) is 17.6. The van der Waals surface area contributed by atoms with Crippen LogP contribution in [0.5, 0.6) is 0 Å². The summed E-state index contributed by atoms with van der Waals surface area (Å²) in [5.74, 6) is 1.28. The van der Waals surface area contributed by atoms with Gasteiger partial charge in [0.25, 0.3) is 0 Å². The van der Waals surface area contributed by atoms with Gasteiger partial charge in [-0.05, 0) is 70.0 Å². The number of pyridine rings is 2. The number of rotatable bonds is 4. The number of likely N-dealkylation sites (N-methyl/N-ethyl adjacent to an activating group) is 1. The van der Waals surface area contributed by atoms with Crippen LogP contribution in [0, 0.1) is 6.92 Å². The van der Waals surface area contributed by atoms with E-state index in [2.05, 4.69) is 63.5 Å². The Labute approximate surface area is 184 Å². The Morgan fingerprint density at radius 1 is 1.00 bits per heavy atom. The summed E-state index contributed by atoms with van der Waals surface area (Å²) in [7, 11) is 2.21. The van der Waals surface area contributed by atoms with Crippen LogP contribution in [0.25, 0.3) is 5.65 Å². The molecule has 1 saturated carbocycles. The monoisotopic (exact) mass is 416 g/mol. The number of imidazole rings is 1. The molecule has 0 radical (unpaired) electrons. The minimum absolute atomic E-state index is 0.0799. The molecule has 6 heteroatoms. The van der Waals surface area contributed by atoms with Gasteiger partial charge >= 0.3 is 0 Å². The predicted molar refractivity (Wildman–Crippen MR) is 123 cm³/mol. The average Bonchev–Trinajstić information content (AvgIpc) is 3.23. The first-order valence-electron chi connectivity index (χ1n) is 11.8. The van der Waals surface area contributed by atoms with Gasteiger partial charge in [-0.25, -0.2) is 4.98 Å². The normalized spacial score (nSPS) is 24.2. The van der Waals surface area contributed by atoms with Crippen molar-refractivity contribution in [1.29, 1.82) is 0 Å². The number of fused-ring (bicyclic) bond motifs is 1. The van der Waals surface area contributed by atoms with Crippen molar-refractivity contribution in [3.8, 4) is 0 Å². The van der Waals surface area contributed by atoms with Gasteiger partial charge in [-0.2, -0.15) is 0 Å². The van der Waals surface area contributed by atoms with E-state index in [0.717, 1.165) is 38.4 Å². The van der Waals surface area contributed by atoms with Gasteiger partial charge in [-0.1, -0.05) is 12.1 Å². The van der Waals surface area contributed by atoms with Gasteiger partial charge in [0.1, 0.15) is 11.5 Å². The third kappa shape index (κ3) is 3.15. The van der Waals surface area contributed by atoms with Crippen molar-refractivity contribution >= 4 is 11.5 Å². The molecular formula is C25H32N6. The molecule has 3 fully saturated rings. The van der Waals surface area contributed by atoms with Crippen molar-refractivity contribution in [2.24, 2.45) is 0 Å². The molecule has 3 aliphatic rings. The third-order valence-electron chi connectivity index (χ3n) is 7.67. The highest BCUT2D eigenvalue weighted by Gasteiger charge is 2.55. The van der Waals surface area contributed by atoms with Crippen molar-refractivity contribution in [1.82, 2.24) is 24.2 Å². The van der Waals surface area contributed by atoms with E-state index in [1.165, 1.54) is 48.5 Å². The molecule has 3 aromatic rings. The predicted octanol–water partition coefficient (Wildman–Crippen LogP) is 3.62. The molecule has 31 heavy (non-hydrogen) atoms. The Balaban J connectivity index is 1.36. The van der Waals surface area contributed by atoms with Crippen molar-refractivity contribution in [3.63, 3.8) is 0 Å². The van der Waals surface area contributed by atoms with E-state index in [9.17, 15) is 0 Å². The zero-order valence-electron chi connectivity index (χ0n) is 18.7. The summed E-state index contributed by atoms with van der Waals surface area (Å²) in [5.41, 5.74) is 4.96. The number of likely N-dealkylation sites (tertiary alicyclic amines) is 1. The van der Waals surface area contributed by atoms with Crippen molar-refractivity contribution in [2.45, 2.75) is 44.2 Å². The highest BCUT2D eigenvalue weighted by atomic mass is 15.3. The van der Waals surface area contributed by atoms with Crippen LogP contribution in [0.2, 0.25) is 0 Å². The van der Waals surface area contributed by atoms with Crippen molar-refractivity contribution in [2.75, 3.05) is 44.7 Å². The second-order valence-electron chi connectivity index (χ2n) is 9.62. The quantitative estimate of drug-likeness (QED) is 0.650. The fourth-order valence-electron chi connectivity index (χ4n) is 5.73. The molecule has 0 aromatic carbocycles. The number of piperazine rings is 1. The number of aromatic nitrogens is 3. The molecule has 6 rings (SSSR count). The molecule has 3 aromatic heterocycles. The summed E-state index contributed by atoms with van der Waals surface area (Å²) in [6.07, 6.45) is 9.11. The summed E-state index contributed by atoms with van der Waals surface area (Å²) in [5, 5.41) is 0. The molecule has 0 N–H and O–H groups in total. The Morgan fingerprint density at radius 2 is 1.84 bits per heavy atom. The van der Waals surface area contributed by atoms with E-state index in [-0.39, 0.29) is 5.54 Å². The lowest BCUT2D eigenvalue weighted by Gasteiger charge is -2.34. The maximum absolute atomic E-state index is 5.18. The van der Waals surface area contributed by atoms with Gasteiger partial charge in [0.2, 0.25) is 0 Å². The highest BCUT2D eigenvalue weighted by Crippen LogP contribution is 2.56. The zero-order valence-corrected chi connectivity index (χ0v) is 18.7. The average molecular weight is 417 g/mol. The van der Waals surface area contributed by atoms with Gasteiger partial charge < -0.3 is 9.80 Å². The summed E-state index contributed by atoms with van der Waals surface area (Å²) >= 11 is 0. The standard InChI is InChI=1S/C25H32N6/c1-19-6-4-12-26-24(19)20-7-5-13-31(20)25(10-11-25)21-18-30-22(27-21)8-3-9-23(30)29-16-14-28(2)15-17-29/h3-4,6,8-9,12,18,20H,5,7,10-11,13-17H2,1-2H3. The maximum atomic E-state index is 5.18. The molecular weight excluding hydrogens is 384 g/mol. The number of anilines is 1. The molecule has 2 aliphatic heterocycles. The number of nitrogens with zero attached hydrogens (tertiary/aromatic N) is 6. The highest BCUT2D eigenvalue weighted by molar-refractivity contribution is 5.54. The summed E-state index contributed by atoms with van der Waals surface area (Å²) in [6.45, 7) is 7.70. The lowest BCUT2D eigenvalue weighted by molar-refractivity contribution is 0.153. The lowest BCUT2D eigenvalue weighted by Crippen LogP contribution is -2.45. The van der Waals surface area contributed by atoms with Crippen molar-refractivity contribution in [3.05, 3.63) is 59.7 Å². The second-order valence-corrected chi connectivity index (χ2v) is 9.62. The van der Waals surface area contributed by atoms with Crippen LogP contribution in [-0.4, -0.2) is 63.9 Å².